The molecule has 0 saturated carbocycles. The lowest BCUT2D eigenvalue weighted by Crippen LogP contribution is -2.56. The summed E-state index contributed by atoms with van der Waals surface area (Å²) in [5, 5.41) is 6.48. The molecular weight excluding hydrogens is 385 g/mol. The van der Waals surface area contributed by atoms with E-state index in [9.17, 15) is 17.6 Å². The van der Waals surface area contributed by atoms with Crippen molar-refractivity contribution in [2.45, 2.75) is 18.5 Å². The van der Waals surface area contributed by atoms with Crippen LogP contribution in [0.3, 0.4) is 0 Å². The molecular formula is C15H17ClFN5O3S. The van der Waals surface area contributed by atoms with Gasteiger partial charge in [0.05, 0.1) is 16.8 Å². The summed E-state index contributed by atoms with van der Waals surface area (Å²) in [5.74, 6) is -1.14. The molecule has 3 rings (SSSR count). The van der Waals surface area contributed by atoms with Crippen LogP contribution in [0.5, 0.6) is 0 Å². The van der Waals surface area contributed by atoms with Crippen molar-refractivity contribution in [1.82, 2.24) is 18.8 Å². The number of aryl methyl sites for hydroxylation is 1. The van der Waals surface area contributed by atoms with Gasteiger partial charge in [0.1, 0.15) is 11.9 Å². The fourth-order valence-electron chi connectivity index (χ4n) is 2.83. The second kappa shape index (κ2) is 6.95. The van der Waals surface area contributed by atoms with Crippen molar-refractivity contribution in [2.75, 3.05) is 12.4 Å². The summed E-state index contributed by atoms with van der Waals surface area (Å²) >= 11 is 5.71. The van der Waals surface area contributed by atoms with E-state index in [1.54, 1.807) is 24.0 Å². The van der Waals surface area contributed by atoms with E-state index in [1.165, 1.54) is 19.2 Å². The molecule has 1 amide bonds. The molecule has 0 aliphatic carbocycles. The van der Waals surface area contributed by atoms with Gasteiger partial charge in [-0.25, -0.2) is 4.39 Å². The standard InChI is InChI=1S/C15H17ClFN5O3S/c1-21-13(5-6-18-21)12-8-14(22(2)26(24,25)20-12)15(23)19-9-3-4-11(17)10(16)7-9/h3-7,12,14,20H,8H2,1-2H3,(H,19,23)/t12-,14+/m0/s1. The molecule has 2 aromatic rings. The van der Waals surface area contributed by atoms with Crippen molar-refractivity contribution in [3.8, 4) is 0 Å². The second-order valence-electron chi connectivity index (χ2n) is 5.94. The van der Waals surface area contributed by atoms with Crippen LogP contribution in [0.2, 0.25) is 5.02 Å². The van der Waals surface area contributed by atoms with Gasteiger partial charge in [-0.3, -0.25) is 9.48 Å². The minimum Gasteiger partial charge on any atom is -0.325 e. The lowest BCUT2D eigenvalue weighted by molar-refractivity contribution is -0.120. The molecule has 2 atom stereocenters. The molecule has 1 aromatic carbocycles. The van der Waals surface area contributed by atoms with E-state index >= 15 is 0 Å². The largest absolute Gasteiger partial charge is 0.325 e. The van der Waals surface area contributed by atoms with E-state index in [4.69, 9.17) is 11.6 Å². The molecule has 0 unspecified atom stereocenters. The Bertz CT molecular complexity index is 949. The van der Waals surface area contributed by atoms with Crippen molar-refractivity contribution >= 4 is 33.4 Å². The third-order valence-electron chi connectivity index (χ3n) is 4.27. The van der Waals surface area contributed by atoms with Crippen LogP contribution in [0.1, 0.15) is 18.2 Å². The zero-order valence-electron chi connectivity index (χ0n) is 14.0. The summed E-state index contributed by atoms with van der Waals surface area (Å²) < 4.78 is 43.1. The number of likely N-dealkylation sites (N-methyl/N-ethyl adjacent to an activating group) is 1. The molecule has 11 heteroatoms. The van der Waals surface area contributed by atoms with Gasteiger partial charge in [0.25, 0.3) is 10.2 Å². The first kappa shape index (κ1) is 18.8. The minimum atomic E-state index is -3.86. The molecule has 1 aliphatic rings. The van der Waals surface area contributed by atoms with Gasteiger partial charge in [0.15, 0.2) is 0 Å². The highest BCUT2D eigenvalue weighted by atomic mass is 35.5. The molecule has 0 spiro atoms. The van der Waals surface area contributed by atoms with Crippen molar-refractivity contribution in [1.29, 1.82) is 0 Å². The highest BCUT2D eigenvalue weighted by Crippen LogP contribution is 2.28. The van der Waals surface area contributed by atoms with E-state index < -0.39 is 34.0 Å². The van der Waals surface area contributed by atoms with Crippen molar-refractivity contribution in [2.24, 2.45) is 7.05 Å². The van der Waals surface area contributed by atoms with Crippen molar-refractivity contribution in [3.63, 3.8) is 0 Å². The maximum absolute atomic E-state index is 13.3. The number of nitrogens with one attached hydrogen (secondary N) is 2. The Hall–Kier alpha value is -2.01. The molecule has 1 fully saturated rings. The van der Waals surface area contributed by atoms with Crippen LogP contribution in [0.15, 0.2) is 30.5 Å². The van der Waals surface area contributed by atoms with E-state index in [1.807, 2.05) is 0 Å². The van der Waals surface area contributed by atoms with Crippen LogP contribution in [-0.2, 0) is 22.1 Å². The Kier molecular flexibility index (Phi) is 5.02. The summed E-state index contributed by atoms with van der Waals surface area (Å²) in [6, 6.07) is 3.88. The Labute approximate surface area is 155 Å². The number of halogens is 2. The monoisotopic (exact) mass is 401 g/mol. The molecule has 0 bridgehead atoms. The lowest BCUT2D eigenvalue weighted by atomic mass is 10.0. The van der Waals surface area contributed by atoms with Gasteiger partial charge in [-0.1, -0.05) is 11.6 Å². The smallest absolute Gasteiger partial charge is 0.280 e. The third kappa shape index (κ3) is 3.58. The van der Waals surface area contributed by atoms with Gasteiger partial charge in [-0.05, 0) is 30.7 Å². The number of rotatable bonds is 3. The molecule has 0 radical (unpaired) electrons. The molecule has 140 valence electrons. The van der Waals surface area contributed by atoms with E-state index in [2.05, 4.69) is 15.1 Å². The first-order valence-electron chi connectivity index (χ1n) is 7.68. The van der Waals surface area contributed by atoms with Crippen molar-refractivity contribution < 1.29 is 17.6 Å². The number of hydrogen-bond acceptors (Lipinski definition) is 4. The zero-order chi connectivity index (χ0) is 19.1. The van der Waals surface area contributed by atoms with Gasteiger partial charge >= 0.3 is 0 Å². The zero-order valence-corrected chi connectivity index (χ0v) is 15.6. The average Bonchev–Trinajstić information content (AvgIpc) is 2.99. The lowest BCUT2D eigenvalue weighted by Gasteiger charge is -2.36. The molecule has 2 N–H and O–H groups in total. The van der Waals surface area contributed by atoms with Crippen LogP contribution in [0.25, 0.3) is 0 Å². The van der Waals surface area contributed by atoms with Gasteiger partial charge in [0, 0.05) is 26.0 Å². The van der Waals surface area contributed by atoms with Crippen LogP contribution in [0.4, 0.5) is 10.1 Å². The third-order valence-corrected chi connectivity index (χ3v) is 6.16. The number of amides is 1. The summed E-state index contributed by atoms with van der Waals surface area (Å²) in [6.07, 6.45) is 1.76. The van der Waals surface area contributed by atoms with Gasteiger partial charge in [-0.15, -0.1) is 0 Å². The summed E-state index contributed by atoms with van der Waals surface area (Å²) in [7, 11) is -0.844. The van der Waals surface area contributed by atoms with Crippen molar-refractivity contribution in [3.05, 3.63) is 47.0 Å². The molecule has 26 heavy (non-hydrogen) atoms. The van der Waals surface area contributed by atoms with Gasteiger partial charge in [0.2, 0.25) is 5.91 Å². The Morgan fingerprint density at radius 3 is 2.73 bits per heavy atom. The number of anilines is 1. The number of nitrogens with zero attached hydrogens (tertiary/aromatic N) is 3. The fraction of sp³-hybridized carbons (Fsp3) is 0.333. The van der Waals surface area contributed by atoms with Gasteiger partial charge in [-0.2, -0.15) is 22.5 Å². The predicted octanol–water partition coefficient (Wildman–Crippen LogP) is 1.43. The average molecular weight is 402 g/mol. The highest BCUT2D eigenvalue weighted by Gasteiger charge is 2.41. The van der Waals surface area contributed by atoms with E-state index in [0.29, 0.717) is 5.69 Å². The molecule has 1 aromatic heterocycles. The highest BCUT2D eigenvalue weighted by molar-refractivity contribution is 7.87. The number of carbonyl (C=O) groups is 1. The molecule has 1 saturated heterocycles. The summed E-state index contributed by atoms with van der Waals surface area (Å²) in [4.78, 5) is 12.7. The maximum atomic E-state index is 13.3. The Morgan fingerprint density at radius 1 is 1.38 bits per heavy atom. The normalized spacial score (nSPS) is 22.9. The van der Waals surface area contributed by atoms with Crippen LogP contribution in [-0.4, -0.2) is 41.5 Å². The first-order valence-corrected chi connectivity index (χ1v) is 9.50. The molecule has 8 nitrogen and oxygen atoms in total. The summed E-state index contributed by atoms with van der Waals surface area (Å²) in [5.41, 5.74) is 0.923. The Morgan fingerprint density at radius 2 is 2.12 bits per heavy atom. The number of carbonyl (C=O) groups excluding carboxylic acids is 1. The van der Waals surface area contributed by atoms with E-state index in [-0.39, 0.29) is 17.1 Å². The van der Waals surface area contributed by atoms with Crippen LogP contribution in [0, 0.1) is 5.82 Å². The number of aromatic nitrogens is 2. The predicted molar refractivity (Wildman–Crippen MR) is 94.2 cm³/mol. The SMILES string of the molecule is CN1[C@@H](C(=O)Nc2ccc(F)c(Cl)c2)C[C@@H](c2ccnn2C)NS1(=O)=O. The fourth-order valence-corrected chi connectivity index (χ4v) is 4.27. The minimum absolute atomic E-state index is 0.137. The summed E-state index contributed by atoms with van der Waals surface area (Å²) in [6.45, 7) is 0. The molecule has 2 heterocycles. The number of hydrogen-bond donors (Lipinski definition) is 2. The maximum Gasteiger partial charge on any atom is 0.280 e. The van der Waals surface area contributed by atoms with Gasteiger partial charge < -0.3 is 5.32 Å². The van der Waals surface area contributed by atoms with Crippen LogP contribution < -0.4 is 10.0 Å². The number of benzene rings is 1. The topological polar surface area (TPSA) is 96.3 Å². The molecule has 1 aliphatic heterocycles. The van der Waals surface area contributed by atoms with E-state index in [0.717, 1.165) is 10.4 Å². The quantitative estimate of drug-likeness (QED) is 0.813. The second-order valence-corrected chi connectivity index (χ2v) is 8.11. The van der Waals surface area contributed by atoms with Crippen LogP contribution >= 0.6 is 11.6 Å². The first-order chi connectivity index (χ1) is 12.2. The Balaban J connectivity index is 1.85.